The number of hydrogen-bond donors (Lipinski definition) is 1. The van der Waals surface area contributed by atoms with Gasteiger partial charge in [0.05, 0.1) is 34.1 Å². The van der Waals surface area contributed by atoms with E-state index in [1.54, 1.807) is 0 Å². The number of fused-ring (bicyclic) bond motifs is 6. The van der Waals surface area contributed by atoms with Crippen LogP contribution in [0.5, 0.6) is 0 Å². The zero-order valence-electron chi connectivity index (χ0n) is 26.4. The van der Waals surface area contributed by atoms with Crippen LogP contribution in [-0.4, -0.2) is 27.7 Å². The van der Waals surface area contributed by atoms with Gasteiger partial charge in [0, 0.05) is 17.8 Å². The molecular formula is C36H48N4. The van der Waals surface area contributed by atoms with Gasteiger partial charge in [0.25, 0.3) is 0 Å². The average molecular weight is 537 g/mol. The smallest absolute Gasteiger partial charge is 0.0932 e. The minimum atomic E-state index is -0.256. The van der Waals surface area contributed by atoms with Crippen LogP contribution >= 0.6 is 0 Å². The Kier molecular flexibility index (Phi) is 7.92. The van der Waals surface area contributed by atoms with E-state index in [2.05, 4.69) is 79.4 Å². The molecule has 212 valence electrons. The SMILES string of the molecule is CCC1=C(CC)C2=NC1=Cc1[nH]c(c(CC)c1CC)CC1(C)N=C(/C=C3\N=C2C(CC)=C3CC)C(CC)=C1CC. The summed E-state index contributed by atoms with van der Waals surface area (Å²) in [6.45, 7) is 20.6. The van der Waals surface area contributed by atoms with E-state index in [0.717, 1.165) is 86.3 Å². The predicted molar refractivity (Wildman–Crippen MR) is 173 cm³/mol. The number of nitrogens with one attached hydrogen (secondary N) is 1. The quantitative estimate of drug-likeness (QED) is 0.344. The minimum Gasteiger partial charge on any atom is -0.358 e. The molecule has 0 amide bonds. The maximum absolute atomic E-state index is 5.54. The standard InChI is InChI=1S/C36H48N4/c1-10-21-22(11-2)33-20-36(9)28(17-8)27(16-7)32(40-36)19-31-24(13-4)26(15-6)35(39-31)34-25(14-5)23(12-3)30(38-34)18-29(21)37-33/h18-19,37H,10-17,20H2,1-9H3/b30-18?,31-19-. The molecule has 1 aromatic heterocycles. The number of aromatic nitrogens is 1. The van der Waals surface area contributed by atoms with Crippen LogP contribution in [0.1, 0.15) is 123 Å². The summed E-state index contributed by atoms with van der Waals surface area (Å²) in [7, 11) is 0. The molecule has 0 aliphatic carbocycles. The lowest BCUT2D eigenvalue weighted by molar-refractivity contribution is 0.535. The van der Waals surface area contributed by atoms with Crippen molar-refractivity contribution in [3.8, 4) is 0 Å². The Morgan fingerprint density at radius 3 is 1.62 bits per heavy atom. The largest absolute Gasteiger partial charge is 0.358 e. The normalized spacial score (nSPS) is 23.7. The number of nitrogens with zero attached hydrogens (tertiary/aromatic N) is 3. The molecule has 0 spiro atoms. The van der Waals surface area contributed by atoms with Crippen molar-refractivity contribution in [2.24, 2.45) is 15.0 Å². The van der Waals surface area contributed by atoms with E-state index < -0.39 is 0 Å². The summed E-state index contributed by atoms with van der Waals surface area (Å²) in [5.74, 6) is 0. The summed E-state index contributed by atoms with van der Waals surface area (Å²) in [5, 5.41) is 0. The molecule has 1 N–H and O–H groups in total. The summed E-state index contributed by atoms with van der Waals surface area (Å²) in [5.41, 5.74) is 19.0. The van der Waals surface area contributed by atoms with Crippen molar-refractivity contribution >= 4 is 23.2 Å². The van der Waals surface area contributed by atoms with Crippen molar-refractivity contribution in [2.45, 2.75) is 126 Å². The van der Waals surface area contributed by atoms with E-state index >= 15 is 0 Å². The molecule has 4 nitrogen and oxygen atoms in total. The Hall–Kier alpha value is -3.01. The fraction of sp³-hybridized carbons (Fsp3) is 0.528. The first-order valence-corrected chi connectivity index (χ1v) is 15.9. The van der Waals surface area contributed by atoms with Crippen LogP contribution in [0.3, 0.4) is 0 Å². The van der Waals surface area contributed by atoms with Gasteiger partial charge in [0.15, 0.2) is 0 Å². The summed E-state index contributed by atoms with van der Waals surface area (Å²) in [6.07, 6.45) is 13.4. The number of aliphatic imine (C=N–C) groups is 3. The summed E-state index contributed by atoms with van der Waals surface area (Å²) >= 11 is 0. The monoisotopic (exact) mass is 536 g/mol. The highest BCUT2D eigenvalue weighted by molar-refractivity contribution is 6.55. The van der Waals surface area contributed by atoms with Gasteiger partial charge in [-0.25, -0.2) is 9.98 Å². The highest BCUT2D eigenvalue weighted by Gasteiger charge is 2.39. The Bertz CT molecular complexity index is 1490. The molecule has 1 unspecified atom stereocenters. The molecular weight excluding hydrogens is 488 g/mol. The topological polar surface area (TPSA) is 52.9 Å². The summed E-state index contributed by atoms with van der Waals surface area (Å²) in [4.78, 5) is 20.2. The maximum Gasteiger partial charge on any atom is 0.0932 e. The van der Waals surface area contributed by atoms with Crippen molar-refractivity contribution in [1.29, 1.82) is 0 Å². The van der Waals surface area contributed by atoms with Crippen molar-refractivity contribution in [1.82, 2.24) is 4.98 Å². The first-order valence-electron chi connectivity index (χ1n) is 15.9. The van der Waals surface area contributed by atoms with Gasteiger partial charge in [-0.3, -0.25) is 4.99 Å². The van der Waals surface area contributed by atoms with Crippen LogP contribution in [0.4, 0.5) is 0 Å². The van der Waals surface area contributed by atoms with Crippen LogP contribution in [0.25, 0.3) is 6.08 Å². The molecule has 0 fully saturated rings. The van der Waals surface area contributed by atoms with Crippen molar-refractivity contribution in [3.63, 3.8) is 0 Å². The average Bonchev–Trinajstić information content (AvgIpc) is 3.65. The summed E-state index contributed by atoms with van der Waals surface area (Å²) < 4.78 is 0. The fourth-order valence-electron chi connectivity index (χ4n) is 7.80. The van der Waals surface area contributed by atoms with Gasteiger partial charge < -0.3 is 4.98 Å². The van der Waals surface area contributed by atoms with Crippen LogP contribution in [0.2, 0.25) is 0 Å². The lowest BCUT2D eigenvalue weighted by Crippen LogP contribution is -2.27. The van der Waals surface area contributed by atoms with Gasteiger partial charge in [-0.15, -0.1) is 0 Å². The third-order valence-corrected chi connectivity index (χ3v) is 9.54. The minimum absolute atomic E-state index is 0.256. The fourth-order valence-corrected chi connectivity index (χ4v) is 7.80. The third kappa shape index (κ3) is 4.30. The molecule has 40 heavy (non-hydrogen) atoms. The van der Waals surface area contributed by atoms with Gasteiger partial charge in [0.1, 0.15) is 0 Å². The highest BCUT2D eigenvalue weighted by Crippen LogP contribution is 2.43. The van der Waals surface area contributed by atoms with Gasteiger partial charge >= 0.3 is 0 Å². The van der Waals surface area contributed by atoms with E-state index in [9.17, 15) is 0 Å². The number of rotatable bonds is 8. The molecule has 0 saturated carbocycles. The Morgan fingerprint density at radius 2 is 1.15 bits per heavy atom. The van der Waals surface area contributed by atoms with Crippen LogP contribution in [-0.2, 0) is 19.3 Å². The second kappa shape index (κ2) is 11.1. The molecule has 5 rings (SSSR count). The molecule has 4 heteroatoms. The lowest BCUT2D eigenvalue weighted by Gasteiger charge is -2.25. The number of hydrogen-bond acceptors (Lipinski definition) is 3. The predicted octanol–water partition coefficient (Wildman–Crippen LogP) is 9.39. The molecule has 1 atom stereocenters. The molecule has 1 aromatic rings. The number of H-pyrrole nitrogens is 1. The van der Waals surface area contributed by atoms with E-state index in [1.165, 1.54) is 56.0 Å². The zero-order valence-corrected chi connectivity index (χ0v) is 26.4. The molecule has 0 aromatic carbocycles. The Balaban J connectivity index is 1.88. The van der Waals surface area contributed by atoms with Crippen molar-refractivity contribution < 1.29 is 0 Å². The molecule has 0 radical (unpaired) electrons. The number of aromatic amines is 1. The second-order valence-corrected chi connectivity index (χ2v) is 11.6. The number of allylic oxidation sites excluding steroid dienone is 6. The zero-order chi connectivity index (χ0) is 28.8. The third-order valence-electron chi connectivity index (χ3n) is 9.54. The van der Waals surface area contributed by atoms with Crippen LogP contribution < -0.4 is 0 Å². The van der Waals surface area contributed by atoms with Crippen molar-refractivity contribution in [2.75, 3.05) is 0 Å². The van der Waals surface area contributed by atoms with E-state index in [-0.39, 0.29) is 5.54 Å². The van der Waals surface area contributed by atoms with Crippen molar-refractivity contribution in [3.05, 3.63) is 73.4 Å². The summed E-state index contributed by atoms with van der Waals surface area (Å²) in [6, 6.07) is 0. The van der Waals surface area contributed by atoms with E-state index in [0.29, 0.717) is 0 Å². The Labute approximate surface area is 242 Å². The maximum atomic E-state index is 5.54. The van der Waals surface area contributed by atoms with Crippen LogP contribution in [0, 0.1) is 0 Å². The first-order chi connectivity index (χ1) is 19.3. The molecule has 4 aliphatic rings. The second-order valence-electron chi connectivity index (χ2n) is 11.6. The Morgan fingerprint density at radius 1 is 0.625 bits per heavy atom. The molecule has 4 aliphatic heterocycles. The van der Waals surface area contributed by atoms with Gasteiger partial charge in [-0.05, 0) is 115 Å². The van der Waals surface area contributed by atoms with E-state index in [1.807, 2.05) is 0 Å². The van der Waals surface area contributed by atoms with Crippen LogP contribution in [0.15, 0.2) is 65.9 Å². The molecule has 5 heterocycles. The van der Waals surface area contributed by atoms with E-state index in [4.69, 9.17) is 15.0 Å². The highest BCUT2D eigenvalue weighted by atomic mass is 14.9. The lowest BCUT2D eigenvalue weighted by atomic mass is 9.83. The van der Waals surface area contributed by atoms with Gasteiger partial charge in [0.2, 0.25) is 0 Å². The first kappa shape index (κ1) is 28.5. The van der Waals surface area contributed by atoms with Gasteiger partial charge in [-0.1, -0.05) is 55.4 Å². The molecule has 0 saturated heterocycles. The molecule has 8 bridgehead atoms. The van der Waals surface area contributed by atoms with Gasteiger partial charge in [-0.2, -0.15) is 0 Å².